The Kier molecular flexibility index (Phi) is 4.11. The molecule has 1 aromatic rings. The van der Waals surface area contributed by atoms with Gasteiger partial charge in [-0.3, -0.25) is 10.1 Å². The lowest BCUT2D eigenvalue weighted by atomic mass is 10.2. The summed E-state index contributed by atoms with van der Waals surface area (Å²) in [7, 11) is -3.60. The number of hydrogen-bond acceptors (Lipinski definition) is 4. The predicted octanol–water partition coefficient (Wildman–Crippen LogP) is 2.30. The molecule has 0 aliphatic rings. The average molecular weight is 278 g/mol. The van der Waals surface area contributed by atoms with E-state index in [1.165, 1.54) is 19.1 Å². The standard InChI is InChI=1S/C10H12ClNO4S/c1-7-3-4-9(5-10(7)12(13)14)17(15,16)8(2)6-11/h3-5,8H,6H2,1-2H3. The van der Waals surface area contributed by atoms with Crippen LogP contribution < -0.4 is 0 Å². The minimum atomic E-state index is -3.60. The molecule has 0 amide bonds. The summed E-state index contributed by atoms with van der Waals surface area (Å²) >= 11 is 5.51. The van der Waals surface area contributed by atoms with E-state index in [1.807, 2.05) is 0 Å². The third-order valence-corrected chi connectivity index (χ3v) is 5.24. The molecule has 0 saturated carbocycles. The Morgan fingerprint density at radius 2 is 2.06 bits per heavy atom. The number of sulfone groups is 1. The highest BCUT2D eigenvalue weighted by Gasteiger charge is 2.25. The molecule has 0 aromatic heterocycles. The van der Waals surface area contributed by atoms with Crippen LogP contribution in [0.15, 0.2) is 23.1 Å². The number of halogens is 1. The van der Waals surface area contributed by atoms with Gasteiger partial charge in [0.1, 0.15) is 0 Å². The number of aryl methyl sites for hydroxylation is 1. The molecule has 0 spiro atoms. The number of benzene rings is 1. The van der Waals surface area contributed by atoms with Crippen LogP contribution in [0.4, 0.5) is 5.69 Å². The second kappa shape index (κ2) is 5.01. The Morgan fingerprint density at radius 3 is 2.53 bits per heavy atom. The molecule has 0 saturated heterocycles. The highest BCUT2D eigenvalue weighted by Crippen LogP contribution is 2.24. The van der Waals surface area contributed by atoms with Gasteiger partial charge in [-0.15, -0.1) is 11.6 Å². The zero-order chi connectivity index (χ0) is 13.2. The summed E-state index contributed by atoms with van der Waals surface area (Å²) < 4.78 is 23.9. The average Bonchev–Trinajstić information content (AvgIpc) is 2.27. The molecule has 17 heavy (non-hydrogen) atoms. The summed E-state index contributed by atoms with van der Waals surface area (Å²) in [5, 5.41) is 9.95. The lowest BCUT2D eigenvalue weighted by Crippen LogP contribution is -2.19. The van der Waals surface area contributed by atoms with E-state index in [4.69, 9.17) is 11.6 Å². The number of rotatable bonds is 4. The van der Waals surface area contributed by atoms with Gasteiger partial charge in [0.05, 0.1) is 15.1 Å². The van der Waals surface area contributed by atoms with Crippen molar-refractivity contribution in [3.8, 4) is 0 Å². The second-order valence-electron chi connectivity index (χ2n) is 3.72. The van der Waals surface area contributed by atoms with Crippen LogP contribution in [0.25, 0.3) is 0 Å². The molecule has 5 nitrogen and oxygen atoms in total. The number of alkyl halides is 1. The second-order valence-corrected chi connectivity index (χ2v) is 6.39. The monoisotopic (exact) mass is 277 g/mol. The van der Waals surface area contributed by atoms with Gasteiger partial charge in [-0.2, -0.15) is 0 Å². The Hall–Kier alpha value is -1.14. The van der Waals surface area contributed by atoms with Crippen molar-refractivity contribution in [1.29, 1.82) is 0 Å². The van der Waals surface area contributed by atoms with Crippen molar-refractivity contribution in [2.75, 3.05) is 5.88 Å². The van der Waals surface area contributed by atoms with E-state index in [-0.39, 0.29) is 16.5 Å². The Bertz CT molecular complexity index is 541. The third kappa shape index (κ3) is 2.76. The van der Waals surface area contributed by atoms with Gasteiger partial charge in [0.2, 0.25) is 0 Å². The number of nitrogens with zero attached hydrogens (tertiary/aromatic N) is 1. The molecule has 0 heterocycles. The molecule has 1 unspecified atom stereocenters. The van der Waals surface area contributed by atoms with Gasteiger partial charge in [-0.05, 0) is 19.9 Å². The molecule has 1 atom stereocenters. The number of nitro benzene ring substituents is 1. The molecule has 0 aliphatic heterocycles. The molecule has 0 bridgehead atoms. The SMILES string of the molecule is Cc1ccc(S(=O)(=O)C(C)CCl)cc1[N+](=O)[O-]. The van der Waals surface area contributed by atoms with E-state index in [2.05, 4.69) is 0 Å². The third-order valence-electron chi connectivity index (χ3n) is 2.45. The normalized spacial score (nSPS) is 13.4. The van der Waals surface area contributed by atoms with Crippen LogP contribution in [0, 0.1) is 17.0 Å². The highest BCUT2D eigenvalue weighted by molar-refractivity contribution is 7.92. The Balaban J connectivity index is 3.35. The minimum Gasteiger partial charge on any atom is -0.258 e. The van der Waals surface area contributed by atoms with Gasteiger partial charge in [0.15, 0.2) is 9.84 Å². The molecule has 7 heteroatoms. The molecular weight excluding hydrogens is 266 g/mol. The maximum atomic E-state index is 11.9. The first-order valence-electron chi connectivity index (χ1n) is 4.85. The van der Waals surface area contributed by atoms with E-state index in [9.17, 15) is 18.5 Å². The van der Waals surface area contributed by atoms with E-state index in [0.29, 0.717) is 5.56 Å². The van der Waals surface area contributed by atoms with Gasteiger partial charge in [-0.1, -0.05) is 6.07 Å². The van der Waals surface area contributed by atoms with Crippen molar-refractivity contribution < 1.29 is 13.3 Å². The van der Waals surface area contributed by atoms with E-state index in [0.717, 1.165) is 6.07 Å². The van der Waals surface area contributed by atoms with Gasteiger partial charge in [-0.25, -0.2) is 8.42 Å². The van der Waals surface area contributed by atoms with Crippen molar-refractivity contribution >= 4 is 27.1 Å². The van der Waals surface area contributed by atoms with Crippen LogP contribution in [0.1, 0.15) is 12.5 Å². The molecule has 0 fully saturated rings. The molecule has 1 aromatic carbocycles. The van der Waals surface area contributed by atoms with Crippen LogP contribution in [-0.4, -0.2) is 24.5 Å². The molecular formula is C10H12ClNO4S. The van der Waals surface area contributed by atoms with Crippen LogP contribution in [0.2, 0.25) is 0 Å². The summed E-state index contributed by atoms with van der Waals surface area (Å²) in [5.41, 5.74) is 0.223. The summed E-state index contributed by atoms with van der Waals surface area (Å²) in [6.45, 7) is 3.02. The van der Waals surface area contributed by atoms with Crippen molar-refractivity contribution in [1.82, 2.24) is 0 Å². The van der Waals surface area contributed by atoms with Crippen LogP contribution >= 0.6 is 11.6 Å². The molecule has 0 radical (unpaired) electrons. The fourth-order valence-electron chi connectivity index (χ4n) is 1.28. The molecule has 94 valence electrons. The summed E-state index contributed by atoms with van der Waals surface area (Å²) in [6.07, 6.45) is 0. The first-order chi connectivity index (χ1) is 7.80. The zero-order valence-corrected chi connectivity index (χ0v) is 11.0. The quantitative estimate of drug-likeness (QED) is 0.481. The van der Waals surface area contributed by atoms with Crippen LogP contribution in [-0.2, 0) is 9.84 Å². The first kappa shape index (κ1) is 13.9. The fraction of sp³-hybridized carbons (Fsp3) is 0.400. The van der Waals surface area contributed by atoms with Crippen molar-refractivity contribution in [3.05, 3.63) is 33.9 Å². The molecule has 0 N–H and O–H groups in total. The lowest BCUT2D eigenvalue weighted by molar-refractivity contribution is -0.385. The van der Waals surface area contributed by atoms with E-state index >= 15 is 0 Å². The van der Waals surface area contributed by atoms with Gasteiger partial charge >= 0.3 is 0 Å². The van der Waals surface area contributed by atoms with Crippen molar-refractivity contribution in [2.45, 2.75) is 24.0 Å². The maximum absolute atomic E-state index is 11.9. The Morgan fingerprint density at radius 1 is 1.47 bits per heavy atom. The van der Waals surface area contributed by atoms with Gasteiger partial charge < -0.3 is 0 Å². The minimum absolute atomic E-state index is 0.0516. The largest absolute Gasteiger partial charge is 0.273 e. The van der Waals surface area contributed by atoms with Crippen molar-refractivity contribution in [2.24, 2.45) is 0 Å². The highest BCUT2D eigenvalue weighted by atomic mass is 35.5. The molecule has 0 aliphatic carbocycles. The summed E-state index contributed by atoms with van der Waals surface area (Å²) in [4.78, 5) is 10.1. The van der Waals surface area contributed by atoms with Crippen LogP contribution in [0.3, 0.4) is 0 Å². The van der Waals surface area contributed by atoms with Gasteiger partial charge in [0, 0.05) is 17.5 Å². The van der Waals surface area contributed by atoms with E-state index < -0.39 is 20.0 Å². The topological polar surface area (TPSA) is 77.3 Å². The zero-order valence-electron chi connectivity index (χ0n) is 9.38. The summed E-state index contributed by atoms with van der Waals surface area (Å²) in [6, 6.07) is 3.86. The first-order valence-corrected chi connectivity index (χ1v) is 6.93. The summed E-state index contributed by atoms with van der Waals surface area (Å²) in [5.74, 6) is -0.0516. The smallest absolute Gasteiger partial charge is 0.258 e. The number of hydrogen-bond donors (Lipinski definition) is 0. The van der Waals surface area contributed by atoms with Gasteiger partial charge in [0.25, 0.3) is 5.69 Å². The lowest BCUT2D eigenvalue weighted by Gasteiger charge is -2.10. The predicted molar refractivity (Wildman–Crippen MR) is 65.2 cm³/mol. The van der Waals surface area contributed by atoms with Crippen molar-refractivity contribution in [3.63, 3.8) is 0 Å². The number of nitro groups is 1. The van der Waals surface area contributed by atoms with Crippen LogP contribution in [0.5, 0.6) is 0 Å². The fourth-order valence-corrected chi connectivity index (χ4v) is 2.94. The Labute approximate surface area is 104 Å². The molecule has 1 rings (SSSR count). The maximum Gasteiger partial charge on any atom is 0.273 e. The van der Waals surface area contributed by atoms with E-state index in [1.54, 1.807) is 6.92 Å².